The second-order valence-electron chi connectivity index (χ2n) is 7.01. The van der Waals surface area contributed by atoms with Gasteiger partial charge in [-0.15, -0.1) is 0 Å². The van der Waals surface area contributed by atoms with Crippen LogP contribution in [-0.4, -0.2) is 13.4 Å². The number of ether oxygens (including phenoxy) is 4. The standard InChI is InChI=1S/C24H23Cl2NO4/c1-2-28-23-11-17(13-27-12-16-7-8-21-22(10-16)31-15-30-21)9-20(26)24(23)29-14-18-5-3-4-6-19(18)25/h3-11,27H,2,12-15H2,1H3. The first-order valence-corrected chi connectivity index (χ1v) is 10.8. The van der Waals surface area contributed by atoms with Crippen LogP contribution in [0.4, 0.5) is 0 Å². The monoisotopic (exact) mass is 459 g/mol. The van der Waals surface area contributed by atoms with Gasteiger partial charge in [0.05, 0.1) is 11.6 Å². The zero-order chi connectivity index (χ0) is 21.6. The van der Waals surface area contributed by atoms with E-state index in [0.29, 0.717) is 47.8 Å². The molecule has 0 aromatic heterocycles. The van der Waals surface area contributed by atoms with Crippen molar-refractivity contribution in [3.05, 3.63) is 81.3 Å². The van der Waals surface area contributed by atoms with Gasteiger partial charge in [-0.3, -0.25) is 0 Å². The average molecular weight is 460 g/mol. The predicted octanol–water partition coefficient (Wildman–Crippen LogP) is 5.99. The molecule has 0 atom stereocenters. The van der Waals surface area contributed by atoms with Crippen LogP contribution >= 0.6 is 23.2 Å². The van der Waals surface area contributed by atoms with Gasteiger partial charge < -0.3 is 24.3 Å². The molecule has 162 valence electrons. The van der Waals surface area contributed by atoms with Crippen molar-refractivity contribution >= 4 is 23.2 Å². The maximum absolute atomic E-state index is 6.54. The molecule has 0 unspecified atom stereocenters. The molecule has 5 nitrogen and oxygen atoms in total. The quantitative estimate of drug-likeness (QED) is 0.425. The van der Waals surface area contributed by atoms with Crippen LogP contribution in [0.5, 0.6) is 23.0 Å². The third kappa shape index (κ3) is 5.37. The number of fused-ring (bicyclic) bond motifs is 1. The second kappa shape index (κ2) is 10.1. The van der Waals surface area contributed by atoms with E-state index in [1.807, 2.05) is 61.5 Å². The van der Waals surface area contributed by atoms with E-state index in [0.717, 1.165) is 28.2 Å². The highest BCUT2D eigenvalue weighted by molar-refractivity contribution is 6.32. The van der Waals surface area contributed by atoms with Crippen LogP contribution in [-0.2, 0) is 19.7 Å². The zero-order valence-corrected chi connectivity index (χ0v) is 18.6. The Balaban J connectivity index is 1.42. The summed E-state index contributed by atoms with van der Waals surface area (Å²) in [4.78, 5) is 0. The Labute approximate surface area is 191 Å². The molecule has 1 heterocycles. The van der Waals surface area contributed by atoms with Gasteiger partial charge in [-0.2, -0.15) is 0 Å². The van der Waals surface area contributed by atoms with Crippen molar-refractivity contribution in [3.8, 4) is 23.0 Å². The highest BCUT2D eigenvalue weighted by atomic mass is 35.5. The molecule has 7 heteroatoms. The van der Waals surface area contributed by atoms with Crippen molar-refractivity contribution in [2.24, 2.45) is 0 Å². The Morgan fingerprint density at radius 1 is 0.871 bits per heavy atom. The third-order valence-corrected chi connectivity index (χ3v) is 5.44. The summed E-state index contributed by atoms with van der Waals surface area (Å²) < 4.78 is 22.5. The maximum atomic E-state index is 6.54. The van der Waals surface area contributed by atoms with Gasteiger partial charge in [-0.1, -0.05) is 47.5 Å². The summed E-state index contributed by atoms with van der Waals surface area (Å²) in [7, 11) is 0. The third-order valence-electron chi connectivity index (χ3n) is 4.79. The van der Waals surface area contributed by atoms with E-state index in [4.69, 9.17) is 42.1 Å². The van der Waals surface area contributed by atoms with Crippen molar-refractivity contribution in [3.63, 3.8) is 0 Å². The van der Waals surface area contributed by atoms with Crippen molar-refractivity contribution in [1.82, 2.24) is 5.32 Å². The molecule has 0 radical (unpaired) electrons. The smallest absolute Gasteiger partial charge is 0.231 e. The normalized spacial score (nSPS) is 12.1. The topological polar surface area (TPSA) is 49.0 Å². The van der Waals surface area contributed by atoms with Crippen LogP contribution in [0.1, 0.15) is 23.6 Å². The molecule has 4 rings (SSSR count). The van der Waals surface area contributed by atoms with Crippen LogP contribution < -0.4 is 24.3 Å². The first kappa shape index (κ1) is 21.6. The number of hydrogen-bond acceptors (Lipinski definition) is 5. The molecule has 0 saturated carbocycles. The molecule has 0 bridgehead atoms. The summed E-state index contributed by atoms with van der Waals surface area (Å²) >= 11 is 12.8. The van der Waals surface area contributed by atoms with Crippen molar-refractivity contribution < 1.29 is 18.9 Å². The molecular weight excluding hydrogens is 437 g/mol. The van der Waals surface area contributed by atoms with Gasteiger partial charge >= 0.3 is 0 Å². The number of rotatable bonds is 9. The molecule has 31 heavy (non-hydrogen) atoms. The van der Waals surface area contributed by atoms with Crippen LogP contribution in [0.2, 0.25) is 10.0 Å². The fourth-order valence-corrected chi connectivity index (χ4v) is 3.77. The molecular formula is C24H23Cl2NO4. The van der Waals surface area contributed by atoms with E-state index in [9.17, 15) is 0 Å². The first-order chi connectivity index (χ1) is 15.1. The lowest BCUT2D eigenvalue weighted by atomic mass is 10.1. The van der Waals surface area contributed by atoms with Crippen molar-refractivity contribution in [2.45, 2.75) is 26.6 Å². The summed E-state index contributed by atoms with van der Waals surface area (Å²) in [6.45, 7) is 4.32. The first-order valence-electron chi connectivity index (χ1n) is 10.0. The molecule has 3 aromatic carbocycles. The summed E-state index contributed by atoms with van der Waals surface area (Å²) in [6, 6.07) is 17.3. The fourth-order valence-electron chi connectivity index (χ4n) is 3.29. The zero-order valence-electron chi connectivity index (χ0n) is 17.1. The molecule has 3 aromatic rings. The van der Waals surface area contributed by atoms with E-state index >= 15 is 0 Å². The van der Waals surface area contributed by atoms with Crippen LogP contribution in [0.3, 0.4) is 0 Å². The van der Waals surface area contributed by atoms with E-state index < -0.39 is 0 Å². The minimum absolute atomic E-state index is 0.274. The average Bonchev–Trinajstić information content (AvgIpc) is 3.22. The van der Waals surface area contributed by atoms with Gasteiger partial charge in [0.25, 0.3) is 0 Å². The highest BCUT2D eigenvalue weighted by Gasteiger charge is 2.15. The highest BCUT2D eigenvalue weighted by Crippen LogP contribution is 2.38. The Morgan fingerprint density at radius 2 is 1.68 bits per heavy atom. The van der Waals surface area contributed by atoms with Gasteiger partial charge in [0.1, 0.15) is 6.61 Å². The van der Waals surface area contributed by atoms with E-state index in [-0.39, 0.29) is 6.79 Å². The summed E-state index contributed by atoms with van der Waals surface area (Å²) in [6.07, 6.45) is 0. The maximum Gasteiger partial charge on any atom is 0.231 e. The minimum Gasteiger partial charge on any atom is -0.490 e. The van der Waals surface area contributed by atoms with Crippen LogP contribution in [0.15, 0.2) is 54.6 Å². The minimum atomic E-state index is 0.274. The summed E-state index contributed by atoms with van der Waals surface area (Å²) in [5.74, 6) is 2.69. The number of hydrogen-bond donors (Lipinski definition) is 1. The molecule has 1 aliphatic heterocycles. The predicted molar refractivity (Wildman–Crippen MR) is 122 cm³/mol. The van der Waals surface area contributed by atoms with Gasteiger partial charge in [0.15, 0.2) is 23.0 Å². The second-order valence-corrected chi connectivity index (χ2v) is 7.82. The molecule has 0 aliphatic carbocycles. The Morgan fingerprint density at radius 3 is 2.52 bits per heavy atom. The van der Waals surface area contributed by atoms with Crippen molar-refractivity contribution in [1.29, 1.82) is 0 Å². The summed E-state index contributed by atoms with van der Waals surface area (Å²) in [5.41, 5.74) is 3.00. The molecule has 1 N–H and O–H groups in total. The molecule has 0 amide bonds. The molecule has 0 spiro atoms. The van der Waals surface area contributed by atoms with E-state index in [1.54, 1.807) is 0 Å². The SMILES string of the molecule is CCOc1cc(CNCc2ccc3c(c2)OCO3)cc(Cl)c1OCc1ccccc1Cl. The van der Waals surface area contributed by atoms with Crippen LogP contribution in [0.25, 0.3) is 0 Å². The van der Waals surface area contributed by atoms with E-state index in [1.165, 1.54) is 0 Å². The Hall–Kier alpha value is -2.60. The fraction of sp³-hybridized carbons (Fsp3) is 0.250. The molecule has 0 fully saturated rings. The van der Waals surface area contributed by atoms with Gasteiger partial charge in [0, 0.05) is 23.7 Å². The molecule has 1 aliphatic rings. The number of benzene rings is 3. The largest absolute Gasteiger partial charge is 0.490 e. The Bertz CT molecular complexity index is 1060. The Kier molecular flexibility index (Phi) is 7.07. The van der Waals surface area contributed by atoms with E-state index in [2.05, 4.69) is 5.32 Å². The lowest BCUT2D eigenvalue weighted by Gasteiger charge is -2.16. The van der Waals surface area contributed by atoms with Gasteiger partial charge in [-0.25, -0.2) is 0 Å². The van der Waals surface area contributed by atoms with Crippen LogP contribution in [0, 0.1) is 0 Å². The molecule has 0 saturated heterocycles. The number of halogens is 2. The van der Waals surface area contributed by atoms with Crippen molar-refractivity contribution in [2.75, 3.05) is 13.4 Å². The number of nitrogens with one attached hydrogen (secondary N) is 1. The van der Waals surface area contributed by atoms with Gasteiger partial charge in [0.2, 0.25) is 6.79 Å². The lowest BCUT2D eigenvalue weighted by molar-refractivity contribution is 0.174. The lowest BCUT2D eigenvalue weighted by Crippen LogP contribution is -2.13. The summed E-state index contributed by atoms with van der Waals surface area (Å²) in [5, 5.41) is 4.57. The van der Waals surface area contributed by atoms with Gasteiger partial charge in [-0.05, 0) is 48.4 Å².